The Bertz CT molecular complexity index is 1100. The van der Waals surface area contributed by atoms with Gasteiger partial charge in [0.1, 0.15) is 5.75 Å². The standard InChI is InChI=1S/C25H32N2O7S/c1-26(2)25(29)23-17-20(19-7-5-4-6-8-19)18-24(34-23)33-16-14-27(13-15-28)35(30,31)22-11-9-21(32-3)10-12-22/h4-12,17,20,24,28H,13-16,18H2,1-3H3/t20-,24+/m1/s1. The van der Waals surface area contributed by atoms with Crippen molar-refractivity contribution in [3.63, 3.8) is 0 Å². The van der Waals surface area contributed by atoms with E-state index in [0.717, 1.165) is 9.87 Å². The molecule has 1 amide bonds. The first-order valence-electron chi connectivity index (χ1n) is 11.3. The predicted molar refractivity (Wildman–Crippen MR) is 130 cm³/mol. The number of methoxy groups -OCH3 is 1. The zero-order valence-electron chi connectivity index (χ0n) is 20.2. The molecule has 190 valence electrons. The summed E-state index contributed by atoms with van der Waals surface area (Å²) in [6.07, 6.45) is 1.53. The topological polar surface area (TPSA) is 106 Å². The highest BCUT2D eigenvalue weighted by atomic mass is 32.2. The van der Waals surface area contributed by atoms with E-state index in [-0.39, 0.29) is 48.8 Å². The largest absolute Gasteiger partial charge is 0.497 e. The zero-order chi connectivity index (χ0) is 25.4. The molecule has 35 heavy (non-hydrogen) atoms. The van der Waals surface area contributed by atoms with Crippen molar-refractivity contribution in [3.8, 4) is 5.75 Å². The van der Waals surface area contributed by atoms with Crippen LogP contribution in [0.15, 0.2) is 71.3 Å². The van der Waals surface area contributed by atoms with Gasteiger partial charge < -0.3 is 24.2 Å². The van der Waals surface area contributed by atoms with E-state index in [2.05, 4.69) is 0 Å². The number of sulfonamides is 1. The molecule has 1 heterocycles. The smallest absolute Gasteiger partial charge is 0.288 e. The number of allylic oxidation sites excluding steroid dienone is 1. The molecule has 2 aromatic carbocycles. The number of nitrogens with zero attached hydrogens (tertiary/aromatic N) is 2. The number of aliphatic hydroxyl groups is 1. The summed E-state index contributed by atoms with van der Waals surface area (Å²) < 4.78 is 44.1. The van der Waals surface area contributed by atoms with Crippen LogP contribution in [0.5, 0.6) is 5.75 Å². The molecular weight excluding hydrogens is 472 g/mol. The first-order chi connectivity index (χ1) is 16.8. The van der Waals surface area contributed by atoms with Gasteiger partial charge in [-0.1, -0.05) is 30.3 Å². The molecule has 0 saturated heterocycles. The second-order valence-corrected chi connectivity index (χ2v) is 10.1. The van der Waals surface area contributed by atoms with Crippen LogP contribution in [-0.2, 0) is 24.3 Å². The van der Waals surface area contributed by atoms with E-state index in [1.165, 1.54) is 24.1 Å². The molecule has 0 aromatic heterocycles. The van der Waals surface area contributed by atoms with Gasteiger partial charge in [0.2, 0.25) is 16.3 Å². The molecule has 0 fully saturated rings. The summed E-state index contributed by atoms with van der Waals surface area (Å²) in [6, 6.07) is 15.8. The van der Waals surface area contributed by atoms with Gasteiger partial charge in [0.05, 0.1) is 25.2 Å². The Balaban J connectivity index is 1.70. The molecule has 1 aliphatic heterocycles. The number of amides is 1. The van der Waals surface area contributed by atoms with Crippen LogP contribution in [0.3, 0.4) is 0 Å². The zero-order valence-corrected chi connectivity index (χ0v) is 21.0. The van der Waals surface area contributed by atoms with Crippen molar-refractivity contribution in [1.29, 1.82) is 0 Å². The summed E-state index contributed by atoms with van der Waals surface area (Å²) in [4.78, 5) is 14.1. The highest BCUT2D eigenvalue weighted by Gasteiger charge is 2.30. The van der Waals surface area contributed by atoms with E-state index in [0.29, 0.717) is 12.2 Å². The summed E-state index contributed by atoms with van der Waals surface area (Å²) in [7, 11) is 0.934. The van der Waals surface area contributed by atoms with Crippen LogP contribution in [0, 0.1) is 0 Å². The highest BCUT2D eigenvalue weighted by molar-refractivity contribution is 7.89. The molecule has 2 aromatic rings. The molecule has 0 unspecified atom stereocenters. The van der Waals surface area contributed by atoms with Crippen molar-refractivity contribution in [2.45, 2.75) is 23.5 Å². The molecule has 10 heteroatoms. The van der Waals surface area contributed by atoms with E-state index in [9.17, 15) is 18.3 Å². The lowest BCUT2D eigenvalue weighted by Crippen LogP contribution is -2.38. The van der Waals surface area contributed by atoms with Crippen LogP contribution in [0.1, 0.15) is 17.9 Å². The molecular formula is C25H32N2O7S. The summed E-state index contributed by atoms with van der Waals surface area (Å²) in [6.45, 7) is -0.397. The van der Waals surface area contributed by atoms with E-state index >= 15 is 0 Å². The molecule has 0 spiro atoms. The third kappa shape index (κ3) is 6.82. The second kappa shape index (κ2) is 12.2. The number of rotatable bonds is 11. The van der Waals surface area contributed by atoms with Crippen molar-refractivity contribution in [2.75, 3.05) is 47.5 Å². The first kappa shape index (κ1) is 26.7. The molecule has 3 rings (SSSR count). The van der Waals surface area contributed by atoms with Crippen molar-refractivity contribution in [2.24, 2.45) is 0 Å². The van der Waals surface area contributed by atoms with Crippen LogP contribution in [0.4, 0.5) is 0 Å². The van der Waals surface area contributed by atoms with E-state index in [1.807, 2.05) is 30.3 Å². The minimum atomic E-state index is -3.86. The van der Waals surface area contributed by atoms with Crippen LogP contribution < -0.4 is 4.74 Å². The van der Waals surface area contributed by atoms with Gasteiger partial charge in [-0.2, -0.15) is 4.31 Å². The Labute approximate surface area is 206 Å². The van der Waals surface area contributed by atoms with Crippen LogP contribution in [0.2, 0.25) is 0 Å². The second-order valence-electron chi connectivity index (χ2n) is 8.20. The molecule has 1 N–H and O–H groups in total. The molecule has 1 aliphatic rings. The molecule has 9 nitrogen and oxygen atoms in total. The molecule has 2 atom stereocenters. The van der Waals surface area contributed by atoms with Crippen LogP contribution in [0.25, 0.3) is 0 Å². The third-order valence-electron chi connectivity index (χ3n) is 5.59. The summed E-state index contributed by atoms with van der Waals surface area (Å²) in [5, 5.41) is 9.44. The molecule has 0 bridgehead atoms. The van der Waals surface area contributed by atoms with E-state index in [4.69, 9.17) is 14.2 Å². The average molecular weight is 505 g/mol. The van der Waals surface area contributed by atoms with Crippen molar-refractivity contribution in [1.82, 2.24) is 9.21 Å². The van der Waals surface area contributed by atoms with Crippen LogP contribution in [-0.4, -0.2) is 82.4 Å². The van der Waals surface area contributed by atoms with Gasteiger partial charge in [0, 0.05) is 39.5 Å². The Kier molecular flexibility index (Phi) is 9.27. The van der Waals surface area contributed by atoms with Gasteiger partial charge in [-0.05, 0) is 35.9 Å². The number of hydrogen-bond acceptors (Lipinski definition) is 7. The fourth-order valence-electron chi connectivity index (χ4n) is 3.71. The number of likely N-dealkylation sites (N-methyl/N-ethyl adjacent to an activating group) is 1. The molecule has 0 radical (unpaired) electrons. The quantitative estimate of drug-likeness (QED) is 0.500. The monoisotopic (exact) mass is 504 g/mol. The number of carbonyl (C=O) groups is 1. The highest BCUT2D eigenvalue weighted by Crippen LogP contribution is 2.32. The van der Waals surface area contributed by atoms with Crippen molar-refractivity contribution < 1.29 is 32.5 Å². The predicted octanol–water partition coefficient (Wildman–Crippen LogP) is 2.20. The van der Waals surface area contributed by atoms with Crippen molar-refractivity contribution in [3.05, 3.63) is 72.0 Å². The van der Waals surface area contributed by atoms with Crippen LogP contribution >= 0.6 is 0 Å². The lowest BCUT2D eigenvalue weighted by Gasteiger charge is -2.31. The number of hydrogen-bond donors (Lipinski definition) is 1. The molecule has 0 aliphatic carbocycles. The SMILES string of the molecule is COc1ccc(S(=O)(=O)N(CCO)CCO[C@@H]2C[C@H](c3ccccc3)C=C(C(=O)N(C)C)O2)cc1. The van der Waals surface area contributed by atoms with Gasteiger partial charge >= 0.3 is 0 Å². The summed E-state index contributed by atoms with van der Waals surface area (Å²) in [5.41, 5.74) is 1.03. The maximum atomic E-state index is 13.1. The number of carbonyl (C=O) groups excluding carboxylic acids is 1. The lowest BCUT2D eigenvalue weighted by molar-refractivity contribution is -0.151. The third-order valence-corrected chi connectivity index (χ3v) is 7.51. The van der Waals surface area contributed by atoms with Gasteiger partial charge in [0.15, 0.2) is 5.76 Å². The maximum Gasteiger partial charge on any atom is 0.288 e. The minimum absolute atomic E-state index is 0.00542. The normalized spacial score (nSPS) is 18.0. The van der Waals surface area contributed by atoms with Gasteiger partial charge in [0.25, 0.3) is 5.91 Å². The summed E-state index contributed by atoms with van der Waals surface area (Å²) in [5.74, 6) is 0.367. The number of ether oxygens (including phenoxy) is 3. The van der Waals surface area contributed by atoms with E-state index in [1.54, 1.807) is 32.3 Å². The van der Waals surface area contributed by atoms with Gasteiger partial charge in [-0.15, -0.1) is 0 Å². The maximum absolute atomic E-state index is 13.1. The summed E-state index contributed by atoms with van der Waals surface area (Å²) >= 11 is 0. The first-order valence-corrected chi connectivity index (χ1v) is 12.7. The molecule has 0 saturated carbocycles. The Morgan fingerprint density at radius 1 is 1.09 bits per heavy atom. The van der Waals surface area contributed by atoms with E-state index < -0.39 is 16.3 Å². The minimum Gasteiger partial charge on any atom is -0.497 e. The average Bonchev–Trinajstić information content (AvgIpc) is 2.88. The van der Waals surface area contributed by atoms with Gasteiger partial charge in [-0.3, -0.25) is 4.79 Å². The lowest BCUT2D eigenvalue weighted by atomic mass is 9.93. The fourth-order valence-corrected chi connectivity index (χ4v) is 5.13. The Morgan fingerprint density at radius 2 is 1.77 bits per heavy atom. The van der Waals surface area contributed by atoms with Crippen molar-refractivity contribution >= 4 is 15.9 Å². The van der Waals surface area contributed by atoms with Gasteiger partial charge in [-0.25, -0.2) is 8.42 Å². The fraction of sp³-hybridized carbons (Fsp3) is 0.400. The Morgan fingerprint density at radius 3 is 2.37 bits per heavy atom. The number of aliphatic hydroxyl groups excluding tert-OH is 1. The Hall–Kier alpha value is -2.92. The number of benzene rings is 2.